The Labute approximate surface area is 210 Å². The molecule has 184 valence electrons. The van der Waals surface area contributed by atoms with Crippen molar-refractivity contribution >= 4 is 22.7 Å². The molecule has 4 heterocycles. The second-order valence-electron chi connectivity index (χ2n) is 10.3. The number of benzene rings is 1. The lowest BCUT2D eigenvalue weighted by Crippen LogP contribution is -2.64. The predicted octanol–water partition coefficient (Wildman–Crippen LogP) is 4.61. The summed E-state index contributed by atoms with van der Waals surface area (Å²) in [5, 5.41) is 4.28. The lowest BCUT2D eigenvalue weighted by Gasteiger charge is -2.44. The summed E-state index contributed by atoms with van der Waals surface area (Å²) < 4.78 is 4.06. The third-order valence-electron chi connectivity index (χ3n) is 7.79. The molecule has 1 aromatic carbocycles. The van der Waals surface area contributed by atoms with Crippen LogP contribution in [0.2, 0.25) is 0 Å². The Morgan fingerprint density at radius 3 is 2.61 bits per heavy atom. The molecule has 6 rings (SSSR count). The molecule has 2 aliphatic rings. The molecule has 1 atom stereocenters. The minimum atomic E-state index is -1.06. The standard InChI is InChI=1S/C29H31N5O2/c1-20-12-13-24-23(17-20)25(32-15-7-8-16-32)26-27(35)34(18-22-11-5-6-14-30-22)29(2,19-33(24)26)28(36)31-21-9-3-4-10-21/h5-8,11-17,21H,3-4,9-10,18-19H2,1-2H3,(H,31,36). The number of nitrogens with zero attached hydrogens (tertiary/aromatic N) is 4. The van der Waals surface area contributed by atoms with Crippen LogP contribution < -0.4 is 5.32 Å². The van der Waals surface area contributed by atoms with E-state index in [0.717, 1.165) is 53.5 Å². The Kier molecular flexibility index (Phi) is 5.43. The van der Waals surface area contributed by atoms with Gasteiger partial charge in [-0.2, -0.15) is 0 Å². The lowest BCUT2D eigenvalue weighted by atomic mass is 9.93. The molecule has 3 aromatic heterocycles. The van der Waals surface area contributed by atoms with E-state index in [1.54, 1.807) is 11.1 Å². The number of amides is 2. The van der Waals surface area contributed by atoms with Crippen molar-refractivity contribution in [3.05, 3.63) is 84.1 Å². The molecule has 0 radical (unpaired) electrons. The fraction of sp³-hybridized carbons (Fsp3) is 0.345. The van der Waals surface area contributed by atoms with Crippen LogP contribution in [0.15, 0.2) is 67.1 Å². The summed E-state index contributed by atoms with van der Waals surface area (Å²) >= 11 is 0. The number of carbonyl (C=O) groups is 2. The summed E-state index contributed by atoms with van der Waals surface area (Å²) in [7, 11) is 0. The molecule has 7 nitrogen and oxygen atoms in total. The maximum absolute atomic E-state index is 14.4. The van der Waals surface area contributed by atoms with Gasteiger partial charge in [-0.25, -0.2) is 0 Å². The normalized spacial score (nSPS) is 20.2. The number of aryl methyl sites for hydroxylation is 1. The van der Waals surface area contributed by atoms with Gasteiger partial charge in [0.15, 0.2) is 0 Å². The second-order valence-corrected chi connectivity index (χ2v) is 10.3. The van der Waals surface area contributed by atoms with Crippen LogP contribution in [0.1, 0.15) is 54.4 Å². The van der Waals surface area contributed by atoms with Gasteiger partial charge in [0, 0.05) is 30.0 Å². The number of hydrogen-bond donors (Lipinski definition) is 1. The first-order valence-corrected chi connectivity index (χ1v) is 12.7. The highest BCUT2D eigenvalue weighted by atomic mass is 16.2. The number of pyridine rings is 1. The molecule has 2 amide bonds. The molecule has 1 aliphatic carbocycles. The Balaban J connectivity index is 1.53. The lowest BCUT2D eigenvalue weighted by molar-refractivity contribution is -0.133. The maximum Gasteiger partial charge on any atom is 0.274 e. The molecular formula is C29H31N5O2. The van der Waals surface area contributed by atoms with E-state index in [9.17, 15) is 9.59 Å². The third-order valence-corrected chi connectivity index (χ3v) is 7.79. The van der Waals surface area contributed by atoms with Crippen LogP contribution in [-0.2, 0) is 17.9 Å². The van der Waals surface area contributed by atoms with Crippen LogP contribution in [-0.4, -0.2) is 42.4 Å². The largest absolute Gasteiger partial charge is 0.351 e. The quantitative estimate of drug-likeness (QED) is 0.453. The van der Waals surface area contributed by atoms with Gasteiger partial charge in [-0.3, -0.25) is 14.6 Å². The number of fused-ring (bicyclic) bond motifs is 3. The first-order valence-electron chi connectivity index (χ1n) is 12.7. The molecular weight excluding hydrogens is 450 g/mol. The van der Waals surface area contributed by atoms with Crippen LogP contribution in [0.25, 0.3) is 16.6 Å². The van der Waals surface area contributed by atoms with Crippen LogP contribution >= 0.6 is 0 Å². The fourth-order valence-corrected chi connectivity index (χ4v) is 5.83. The monoisotopic (exact) mass is 481 g/mol. The van der Waals surface area contributed by atoms with Crippen molar-refractivity contribution < 1.29 is 9.59 Å². The Hall–Kier alpha value is -3.87. The molecule has 36 heavy (non-hydrogen) atoms. The molecule has 1 N–H and O–H groups in total. The van der Waals surface area contributed by atoms with E-state index in [0.29, 0.717) is 12.2 Å². The average molecular weight is 482 g/mol. The van der Waals surface area contributed by atoms with Crippen LogP contribution in [0.5, 0.6) is 0 Å². The van der Waals surface area contributed by atoms with E-state index >= 15 is 0 Å². The molecule has 4 aromatic rings. The van der Waals surface area contributed by atoms with Gasteiger partial charge in [0.2, 0.25) is 5.91 Å². The molecule has 1 unspecified atom stereocenters. The number of nitrogens with one attached hydrogen (secondary N) is 1. The first kappa shape index (κ1) is 22.6. The molecule has 7 heteroatoms. The molecule has 1 aliphatic heterocycles. The first-order chi connectivity index (χ1) is 17.5. The van der Waals surface area contributed by atoms with Gasteiger partial charge < -0.3 is 19.4 Å². The Bertz CT molecular complexity index is 1430. The molecule has 0 spiro atoms. The Morgan fingerprint density at radius 1 is 1.11 bits per heavy atom. The van der Waals surface area contributed by atoms with Gasteiger partial charge in [-0.05, 0) is 63.1 Å². The van der Waals surface area contributed by atoms with Crippen LogP contribution in [0.3, 0.4) is 0 Å². The van der Waals surface area contributed by atoms with Crippen molar-refractivity contribution in [3.63, 3.8) is 0 Å². The van der Waals surface area contributed by atoms with Crippen molar-refractivity contribution in [1.82, 2.24) is 24.3 Å². The van der Waals surface area contributed by atoms with Gasteiger partial charge in [-0.1, -0.05) is 30.5 Å². The summed E-state index contributed by atoms with van der Waals surface area (Å²) in [5.74, 6) is -0.255. The molecule has 0 bridgehead atoms. The molecule has 1 fully saturated rings. The maximum atomic E-state index is 14.4. The summed E-state index contributed by atoms with van der Waals surface area (Å²) in [5.41, 5.74) is 3.24. The highest BCUT2D eigenvalue weighted by Crippen LogP contribution is 2.39. The van der Waals surface area contributed by atoms with Crippen molar-refractivity contribution in [3.8, 4) is 5.69 Å². The third kappa shape index (κ3) is 3.61. The zero-order chi connectivity index (χ0) is 24.9. The second kappa shape index (κ2) is 8.66. The van der Waals surface area contributed by atoms with Gasteiger partial charge in [-0.15, -0.1) is 0 Å². The van der Waals surface area contributed by atoms with Gasteiger partial charge in [0.1, 0.15) is 11.2 Å². The van der Waals surface area contributed by atoms with Crippen LogP contribution in [0, 0.1) is 6.92 Å². The van der Waals surface area contributed by atoms with Crippen molar-refractivity contribution in [2.45, 2.75) is 64.2 Å². The van der Waals surface area contributed by atoms with Gasteiger partial charge in [0.05, 0.1) is 30.0 Å². The summed E-state index contributed by atoms with van der Waals surface area (Å²) in [4.78, 5) is 34.6. The molecule has 1 saturated carbocycles. The zero-order valence-electron chi connectivity index (χ0n) is 20.8. The minimum absolute atomic E-state index is 0.0965. The highest BCUT2D eigenvalue weighted by molar-refractivity contribution is 6.09. The fourth-order valence-electron chi connectivity index (χ4n) is 5.83. The van der Waals surface area contributed by atoms with Crippen molar-refractivity contribution in [2.24, 2.45) is 0 Å². The van der Waals surface area contributed by atoms with Crippen molar-refractivity contribution in [2.75, 3.05) is 0 Å². The highest BCUT2D eigenvalue weighted by Gasteiger charge is 2.49. The van der Waals surface area contributed by atoms with E-state index in [2.05, 4.69) is 40.0 Å². The zero-order valence-corrected chi connectivity index (χ0v) is 20.8. The number of hydrogen-bond acceptors (Lipinski definition) is 3. The van der Waals surface area contributed by atoms with E-state index in [-0.39, 0.29) is 24.4 Å². The summed E-state index contributed by atoms with van der Waals surface area (Å²) in [6, 6.07) is 16.0. The summed E-state index contributed by atoms with van der Waals surface area (Å²) in [6.07, 6.45) is 9.90. The van der Waals surface area contributed by atoms with E-state index in [1.165, 1.54) is 0 Å². The van der Waals surface area contributed by atoms with Crippen molar-refractivity contribution in [1.29, 1.82) is 0 Å². The predicted molar refractivity (Wildman–Crippen MR) is 139 cm³/mol. The number of carbonyl (C=O) groups excluding carboxylic acids is 2. The SMILES string of the molecule is Cc1ccc2c(c1)c(-n1cccc1)c1n2CC(C)(C(=O)NC2CCCC2)N(Cc2ccccn2)C1=O. The van der Waals surface area contributed by atoms with E-state index < -0.39 is 5.54 Å². The van der Waals surface area contributed by atoms with Crippen LogP contribution in [0.4, 0.5) is 0 Å². The van der Waals surface area contributed by atoms with E-state index in [4.69, 9.17) is 0 Å². The van der Waals surface area contributed by atoms with E-state index in [1.807, 2.05) is 54.2 Å². The molecule has 0 saturated heterocycles. The number of rotatable bonds is 5. The smallest absolute Gasteiger partial charge is 0.274 e. The average Bonchev–Trinajstić information content (AvgIpc) is 3.63. The minimum Gasteiger partial charge on any atom is -0.351 e. The summed E-state index contributed by atoms with van der Waals surface area (Å²) in [6.45, 7) is 4.60. The number of aromatic nitrogens is 3. The van der Waals surface area contributed by atoms with Gasteiger partial charge in [0.25, 0.3) is 5.91 Å². The Morgan fingerprint density at radius 2 is 1.89 bits per heavy atom. The van der Waals surface area contributed by atoms with Gasteiger partial charge >= 0.3 is 0 Å². The topological polar surface area (TPSA) is 72.2 Å².